The van der Waals surface area contributed by atoms with Crippen molar-refractivity contribution in [2.75, 3.05) is 0 Å². The topological polar surface area (TPSA) is 95.1 Å². The Morgan fingerprint density at radius 1 is 1.13 bits per heavy atom. The molecule has 0 unspecified atom stereocenters. The highest BCUT2D eigenvalue weighted by molar-refractivity contribution is 6.01. The number of aromatic hydroxyl groups is 2. The first-order chi connectivity index (χ1) is 11.1. The van der Waals surface area contributed by atoms with Crippen LogP contribution in [0.4, 0.5) is 0 Å². The number of carbonyl (C=O) groups excluding carboxylic acids is 1. The second-order valence-corrected chi connectivity index (χ2v) is 4.96. The second-order valence-electron chi connectivity index (χ2n) is 4.96. The lowest BCUT2D eigenvalue weighted by molar-refractivity contribution is 0.0929. The van der Waals surface area contributed by atoms with E-state index in [-0.39, 0.29) is 17.3 Å². The molecule has 0 saturated heterocycles. The summed E-state index contributed by atoms with van der Waals surface area (Å²) in [6.07, 6.45) is 1.34. The number of para-hydroxylation sites is 1. The molecule has 0 radical (unpaired) electrons. The van der Waals surface area contributed by atoms with Crippen molar-refractivity contribution in [2.24, 2.45) is 5.10 Å². The average Bonchev–Trinajstić information content (AvgIpc) is 2.87. The van der Waals surface area contributed by atoms with E-state index in [4.69, 9.17) is 4.42 Å². The molecular formula is C17H14N2O4. The Labute approximate surface area is 131 Å². The molecule has 0 aliphatic heterocycles. The fraction of sp³-hybridized carbons (Fsp3) is 0.0588. The van der Waals surface area contributed by atoms with Crippen LogP contribution in [0.1, 0.15) is 21.7 Å². The van der Waals surface area contributed by atoms with Crippen molar-refractivity contribution in [3.05, 3.63) is 59.4 Å². The molecule has 0 spiro atoms. The van der Waals surface area contributed by atoms with Crippen molar-refractivity contribution in [3.8, 4) is 11.5 Å². The zero-order chi connectivity index (χ0) is 16.4. The SMILES string of the molecule is Cc1c(C(=O)N/N=C/c2ccccc2O)oc2cccc(O)c12. The molecule has 1 heterocycles. The largest absolute Gasteiger partial charge is 0.507 e. The minimum Gasteiger partial charge on any atom is -0.507 e. The van der Waals surface area contributed by atoms with Gasteiger partial charge in [0.05, 0.1) is 11.6 Å². The van der Waals surface area contributed by atoms with Crippen LogP contribution in [0.2, 0.25) is 0 Å². The number of phenolic OH excluding ortho intramolecular Hbond substituents is 2. The molecule has 0 bridgehead atoms. The predicted octanol–water partition coefficient (Wildman–Crippen LogP) is 2.92. The van der Waals surface area contributed by atoms with Crippen molar-refractivity contribution in [3.63, 3.8) is 0 Å². The molecule has 2 aromatic carbocycles. The van der Waals surface area contributed by atoms with Crippen molar-refractivity contribution >= 4 is 23.1 Å². The molecule has 1 amide bonds. The van der Waals surface area contributed by atoms with Gasteiger partial charge in [0, 0.05) is 11.1 Å². The first-order valence-electron chi connectivity index (χ1n) is 6.90. The smallest absolute Gasteiger partial charge is 0.307 e. The number of rotatable bonds is 3. The summed E-state index contributed by atoms with van der Waals surface area (Å²) >= 11 is 0. The Bertz CT molecular complexity index is 912. The van der Waals surface area contributed by atoms with Crippen molar-refractivity contribution < 1.29 is 19.4 Å². The fourth-order valence-electron chi connectivity index (χ4n) is 2.31. The Kier molecular flexibility index (Phi) is 3.72. The number of benzene rings is 2. The van der Waals surface area contributed by atoms with E-state index in [1.165, 1.54) is 18.3 Å². The van der Waals surface area contributed by atoms with Crippen molar-refractivity contribution in [2.45, 2.75) is 6.92 Å². The zero-order valence-electron chi connectivity index (χ0n) is 12.3. The van der Waals surface area contributed by atoms with E-state index >= 15 is 0 Å². The molecule has 116 valence electrons. The zero-order valence-corrected chi connectivity index (χ0v) is 12.3. The van der Waals surface area contributed by atoms with E-state index in [1.54, 1.807) is 37.3 Å². The maximum Gasteiger partial charge on any atom is 0.307 e. The van der Waals surface area contributed by atoms with Gasteiger partial charge in [0.1, 0.15) is 17.1 Å². The highest BCUT2D eigenvalue weighted by Gasteiger charge is 2.19. The van der Waals surface area contributed by atoms with Gasteiger partial charge >= 0.3 is 5.91 Å². The van der Waals surface area contributed by atoms with Crippen molar-refractivity contribution in [1.82, 2.24) is 5.43 Å². The van der Waals surface area contributed by atoms with Crippen LogP contribution < -0.4 is 5.43 Å². The first-order valence-corrected chi connectivity index (χ1v) is 6.90. The molecule has 6 nitrogen and oxygen atoms in total. The molecule has 0 aliphatic rings. The number of hydrogen-bond donors (Lipinski definition) is 3. The highest BCUT2D eigenvalue weighted by Crippen LogP contribution is 2.32. The molecule has 0 fully saturated rings. The lowest BCUT2D eigenvalue weighted by Crippen LogP contribution is -2.17. The van der Waals surface area contributed by atoms with Crippen LogP contribution in [0.3, 0.4) is 0 Å². The van der Waals surface area contributed by atoms with Gasteiger partial charge in [-0.1, -0.05) is 18.2 Å². The third-order valence-corrected chi connectivity index (χ3v) is 3.44. The molecule has 1 aromatic heterocycles. The van der Waals surface area contributed by atoms with Crippen LogP contribution in [0.25, 0.3) is 11.0 Å². The number of hydrogen-bond acceptors (Lipinski definition) is 5. The number of nitrogens with zero attached hydrogens (tertiary/aromatic N) is 1. The summed E-state index contributed by atoms with van der Waals surface area (Å²) < 4.78 is 5.47. The molecule has 3 aromatic rings. The van der Waals surface area contributed by atoms with Gasteiger partial charge in [0.2, 0.25) is 0 Å². The van der Waals surface area contributed by atoms with E-state index in [1.807, 2.05) is 0 Å². The number of hydrazone groups is 1. The number of furan rings is 1. The number of phenols is 2. The predicted molar refractivity (Wildman–Crippen MR) is 85.8 cm³/mol. The maximum atomic E-state index is 12.2. The van der Waals surface area contributed by atoms with E-state index in [0.29, 0.717) is 22.1 Å². The molecule has 0 atom stereocenters. The molecule has 3 rings (SSSR count). The van der Waals surface area contributed by atoms with Crippen LogP contribution in [0.5, 0.6) is 11.5 Å². The second kappa shape index (κ2) is 5.84. The van der Waals surface area contributed by atoms with Crippen LogP contribution >= 0.6 is 0 Å². The number of fused-ring (bicyclic) bond motifs is 1. The van der Waals surface area contributed by atoms with Gasteiger partial charge in [-0.3, -0.25) is 4.79 Å². The Hall–Kier alpha value is -3.28. The molecule has 6 heteroatoms. The minimum atomic E-state index is -0.537. The summed E-state index contributed by atoms with van der Waals surface area (Å²) in [6, 6.07) is 11.5. The lowest BCUT2D eigenvalue weighted by atomic mass is 10.1. The molecule has 0 aliphatic carbocycles. The van der Waals surface area contributed by atoms with Crippen LogP contribution in [0, 0.1) is 6.92 Å². The fourth-order valence-corrected chi connectivity index (χ4v) is 2.31. The molecular weight excluding hydrogens is 296 g/mol. The number of amides is 1. The maximum absolute atomic E-state index is 12.2. The molecule has 0 saturated carbocycles. The van der Waals surface area contributed by atoms with Gasteiger partial charge in [-0.15, -0.1) is 0 Å². The van der Waals surface area contributed by atoms with Gasteiger partial charge in [-0.25, -0.2) is 5.43 Å². The lowest BCUT2D eigenvalue weighted by Gasteiger charge is -1.99. The highest BCUT2D eigenvalue weighted by atomic mass is 16.3. The number of carbonyl (C=O) groups is 1. The third-order valence-electron chi connectivity index (χ3n) is 3.44. The summed E-state index contributed by atoms with van der Waals surface area (Å²) in [5, 5.41) is 23.8. The van der Waals surface area contributed by atoms with E-state index in [0.717, 1.165) is 0 Å². The van der Waals surface area contributed by atoms with E-state index < -0.39 is 5.91 Å². The Morgan fingerprint density at radius 2 is 1.87 bits per heavy atom. The summed E-state index contributed by atoms with van der Waals surface area (Å²) in [5.41, 5.74) is 3.78. The van der Waals surface area contributed by atoms with Crippen molar-refractivity contribution in [1.29, 1.82) is 0 Å². The summed E-state index contributed by atoms with van der Waals surface area (Å²) in [5.74, 6) is -0.337. The van der Waals surface area contributed by atoms with E-state index in [9.17, 15) is 15.0 Å². The monoisotopic (exact) mass is 310 g/mol. The van der Waals surface area contributed by atoms with Gasteiger partial charge in [-0.05, 0) is 31.2 Å². The Balaban J connectivity index is 1.83. The van der Waals surface area contributed by atoms with Gasteiger partial charge in [-0.2, -0.15) is 5.10 Å². The molecule has 23 heavy (non-hydrogen) atoms. The van der Waals surface area contributed by atoms with Gasteiger partial charge < -0.3 is 14.6 Å². The summed E-state index contributed by atoms with van der Waals surface area (Å²) in [4.78, 5) is 12.2. The number of nitrogens with one attached hydrogen (secondary N) is 1. The first kappa shape index (κ1) is 14.6. The van der Waals surface area contributed by atoms with Gasteiger partial charge in [0.25, 0.3) is 0 Å². The Morgan fingerprint density at radius 3 is 2.61 bits per heavy atom. The van der Waals surface area contributed by atoms with Crippen LogP contribution in [-0.4, -0.2) is 22.3 Å². The quantitative estimate of drug-likeness (QED) is 0.512. The van der Waals surface area contributed by atoms with Crippen LogP contribution in [-0.2, 0) is 0 Å². The third kappa shape index (κ3) is 2.74. The molecule has 3 N–H and O–H groups in total. The average molecular weight is 310 g/mol. The van der Waals surface area contributed by atoms with Gasteiger partial charge in [0.15, 0.2) is 5.76 Å². The minimum absolute atomic E-state index is 0.0560. The van der Waals surface area contributed by atoms with Crippen LogP contribution in [0.15, 0.2) is 52.0 Å². The number of aryl methyl sites for hydroxylation is 1. The summed E-state index contributed by atoms with van der Waals surface area (Å²) in [7, 11) is 0. The van der Waals surface area contributed by atoms with E-state index in [2.05, 4.69) is 10.5 Å². The normalized spacial score (nSPS) is 11.2. The standard InChI is InChI=1S/C17H14N2O4/c1-10-15-13(21)7-4-8-14(15)23-16(10)17(22)19-18-9-11-5-2-3-6-12(11)20/h2-9,20-21H,1H3,(H,19,22)/b18-9+. The summed E-state index contributed by atoms with van der Waals surface area (Å²) in [6.45, 7) is 1.69.